The minimum Gasteiger partial charge on any atom is -0.375 e. The second kappa shape index (κ2) is 6.65. The van der Waals surface area contributed by atoms with E-state index in [4.69, 9.17) is 5.73 Å². The van der Waals surface area contributed by atoms with Crippen LogP contribution in [0.4, 0.5) is 5.13 Å². The molecule has 2 heterocycles. The number of nitrogens with zero attached hydrogens (tertiary/aromatic N) is 2. The zero-order valence-corrected chi connectivity index (χ0v) is 13.7. The molecule has 2 aromatic rings. The Morgan fingerprint density at radius 1 is 1.47 bits per heavy atom. The lowest BCUT2D eigenvalue weighted by Crippen LogP contribution is -2.38. The number of thiazole rings is 2. The maximum atomic E-state index is 5.63. The van der Waals surface area contributed by atoms with Crippen molar-refractivity contribution in [3.8, 4) is 0 Å². The van der Waals surface area contributed by atoms with Crippen LogP contribution in [0.5, 0.6) is 0 Å². The number of halogens is 1. The normalized spacial score (nSPS) is 13.8. The largest absolute Gasteiger partial charge is 0.375 e. The molecule has 0 fully saturated rings. The summed E-state index contributed by atoms with van der Waals surface area (Å²) in [6.45, 7) is 7.16. The van der Waals surface area contributed by atoms with Crippen molar-refractivity contribution in [1.82, 2.24) is 15.3 Å². The number of aryl methyl sites for hydroxylation is 1. The van der Waals surface area contributed by atoms with Gasteiger partial charge in [0.05, 0.1) is 5.54 Å². The van der Waals surface area contributed by atoms with Gasteiger partial charge in [0.15, 0.2) is 5.13 Å². The van der Waals surface area contributed by atoms with Gasteiger partial charge in [0.1, 0.15) is 5.01 Å². The van der Waals surface area contributed by atoms with E-state index >= 15 is 0 Å². The molecule has 2 rings (SSSR count). The van der Waals surface area contributed by atoms with Crippen molar-refractivity contribution in [3.05, 3.63) is 27.2 Å². The number of nitrogens with one attached hydrogen (secondary N) is 1. The SMILES string of the molecule is CCC(C)(NCc1cnc(N)s1)c1nc(C)cs1.Cl. The Kier molecular flexibility index (Phi) is 5.73. The van der Waals surface area contributed by atoms with E-state index in [-0.39, 0.29) is 17.9 Å². The number of nitrogen functional groups attached to an aromatic ring is 1. The highest BCUT2D eigenvalue weighted by atomic mass is 35.5. The fraction of sp³-hybridized carbons (Fsp3) is 0.500. The van der Waals surface area contributed by atoms with Crippen LogP contribution in [0.15, 0.2) is 11.6 Å². The monoisotopic (exact) mass is 318 g/mol. The molecule has 0 bridgehead atoms. The van der Waals surface area contributed by atoms with Crippen molar-refractivity contribution in [1.29, 1.82) is 0 Å². The first-order chi connectivity index (χ1) is 8.53. The van der Waals surface area contributed by atoms with E-state index in [2.05, 4.69) is 34.5 Å². The number of nitrogens with two attached hydrogens (primary N) is 1. The van der Waals surface area contributed by atoms with Gasteiger partial charge in [-0.3, -0.25) is 0 Å². The van der Waals surface area contributed by atoms with Crippen LogP contribution in [0, 0.1) is 6.92 Å². The van der Waals surface area contributed by atoms with Gasteiger partial charge in [-0.05, 0) is 20.3 Å². The summed E-state index contributed by atoms with van der Waals surface area (Å²) in [7, 11) is 0. The van der Waals surface area contributed by atoms with Crippen molar-refractivity contribution in [2.45, 2.75) is 39.3 Å². The molecule has 0 spiro atoms. The topological polar surface area (TPSA) is 63.8 Å². The van der Waals surface area contributed by atoms with Crippen LogP contribution >= 0.6 is 35.1 Å². The van der Waals surface area contributed by atoms with Gasteiger partial charge in [0, 0.05) is 28.7 Å². The molecule has 0 aliphatic rings. The maximum Gasteiger partial charge on any atom is 0.180 e. The molecule has 3 N–H and O–H groups in total. The lowest BCUT2D eigenvalue weighted by molar-refractivity contribution is 0.350. The number of hydrogen-bond acceptors (Lipinski definition) is 6. The molecule has 1 unspecified atom stereocenters. The summed E-state index contributed by atoms with van der Waals surface area (Å²) in [6, 6.07) is 0. The third-order valence-corrected chi connectivity index (χ3v) is 5.07. The Morgan fingerprint density at radius 2 is 2.21 bits per heavy atom. The van der Waals surface area contributed by atoms with E-state index in [1.807, 2.05) is 13.1 Å². The van der Waals surface area contributed by atoms with E-state index in [1.54, 1.807) is 11.3 Å². The van der Waals surface area contributed by atoms with E-state index in [0.29, 0.717) is 5.13 Å². The number of aromatic nitrogens is 2. The van der Waals surface area contributed by atoms with Crippen molar-refractivity contribution >= 4 is 40.2 Å². The molecule has 0 aliphatic carbocycles. The van der Waals surface area contributed by atoms with Crippen LogP contribution in [0.25, 0.3) is 0 Å². The van der Waals surface area contributed by atoms with Gasteiger partial charge >= 0.3 is 0 Å². The zero-order chi connectivity index (χ0) is 13.2. The van der Waals surface area contributed by atoms with Gasteiger partial charge < -0.3 is 11.1 Å². The van der Waals surface area contributed by atoms with Gasteiger partial charge in [-0.1, -0.05) is 6.92 Å². The fourth-order valence-corrected chi connectivity index (χ4v) is 3.28. The second-order valence-electron chi connectivity index (χ2n) is 4.50. The van der Waals surface area contributed by atoms with E-state index in [0.717, 1.165) is 28.5 Å². The van der Waals surface area contributed by atoms with Crippen LogP contribution in [-0.4, -0.2) is 9.97 Å². The zero-order valence-electron chi connectivity index (χ0n) is 11.3. The first kappa shape index (κ1) is 16.4. The lowest BCUT2D eigenvalue weighted by atomic mass is 10.00. The second-order valence-corrected chi connectivity index (χ2v) is 6.50. The van der Waals surface area contributed by atoms with E-state index in [9.17, 15) is 0 Å². The molecule has 1 atom stereocenters. The smallest absolute Gasteiger partial charge is 0.180 e. The molecule has 0 aliphatic heterocycles. The third-order valence-electron chi connectivity index (χ3n) is 3.02. The molecule has 0 saturated heterocycles. The van der Waals surface area contributed by atoms with Crippen LogP contribution in [0.2, 0.25) is 0 Å². The molecule has 0 radical (unpaired) electrons. The average molecular weight is 319 g/mol. The van der Waals surface area contributed by atoms with E-state index in [1.165, 1.54) is 11.3 Å². The molecule has 2 aromatic heterocycles. The van der Waals surface area contributed by atoms with Crippen LogP contribution < -0.4 is 11.1 Å². The van der Waals surface area contributed by atoms with Gasteiger partial charge in [0.25, 0.3) is 0 Å². The van der Waals surface area contributed by atoms with Crippen LogP contribution in [0.1, 0.15) is 35.8 Å². The highest BCUT2D eigenvalue weighted by molar-refractivity contribution is 7.15. The molecule has 0 saturated carbocycles. The first-order valence-corrected chi connectivity index (χ1v) is 7.61. The first-order valence-electron chi connectivity index (χ1n) is 5.91. The Bertz CT molecular complexity index is 525. The highest BCUT2D eigenvalue weighted by Crippen LogP contribution is 2.28. The summed E-state index contributed by atoms with van der Waals surface area (Å²) in [5.74, 6) is 0. The predicted molar refractivity (Wildman–Crippen MR) is 85.1 cm³/mol. The van der Waals surface area contributed by atoms with Crippen molar-refractivity contribution in [2.24, 2.45) is 0 Å². The number of rotatable bonds is 5. The average Bonchev–Trinajstić information content (AvgIpc) is 2.95. The number of anilines is 1. The fourth-order valence-electron chi connectivity index (χ4n) is 1.65. The highest BCUT2D eigenvalue weighted by Gasteiger charge is 2.27. The predicted octanol–water partition coefficient (Wildman–Crippen LogP) is 3.33. The molecule has 0 aromatic carbocycles. The molecule has 4 nitrogen and oxygen atoms in total. The Morgan fingerprint density at radius 3 is 2.68 bits per heavy atom. The summed E-state index contributed by atoms with van der Waals surface area (Å²) in [6.07, 6.45) is 2.82. The molecular formula is C12H19ClN4S2. The summed E-state index contributed by atoms with van der Waals surface area (Å²) in [5, 5.41) is 7.42. The molecule has 19 heavy (non-hydrogen) atoms. The minimum atomic E-state index is -0.0856. The van der Waals surface area contributed by atoms with E-state index < -0.39 is 0 Å². The van der Waals surface area contributed by atoms with Gasteiger partial charge in [0.2, 0.25) is 0 Å². The number of hydrogen-bond donors (Lipinski definition) is 2. The summed E-state index contributed by atoms with van der Waals surface area (Å²) >= 11 is 3.24. The molecule has 0 amide bonds. The van der Waals surface area contributed by atoms with Crippen LogP contribution in [-0.2, 0) is 12.1 Å². The Labute approximate surface area is 127 Å². The minimum absolute atomic E-state index is 0. The lowest BCUT2D eigenvalue weighted by Gasteiger charge is -2.27. The van der Waals surface area contributed by atoms with Gasteiger partial charge in [-0.15, -0.1) is 35.1 Å². The van der Waals surface area contributed by atoms with Crippen LogP contribution in [0.3, 0.4) is 0 Å². The van der Waals surface area contributed by atoms with Crippen molar-refractivity contribution in [2.75, 3.05) is 5.73 Å². The maximum absolute atomic E-state index is 5.63. The van der Waals surface area contributed by atoms with Gasteiger partial charge in [-0.25, -0.2) is 9.97 Å². The third kappa shape index (κ3) is 3.89. The van der Waals surface area contributed by atoms with Crippen molar-refractivity contribution in [3.63, 3.8) is 0 Å². The van der Waals surface area contributed by atoms with Crippen molar-refractivity contribution < 1.29 is 0 Å². The summed E-state index contributed by atoms with van der Waals surface area (Å²) in [4.78, 5) is 9.81. The Hall–Kier alpha value is -0.690. The molecular weight excluding hydrogens is 300 g/mol. The summed E-state index contributed by atoms with van der Waals surface area (Å²) < 4.78 is 0. The molecule has 106 valence electrons. The summed E-state index contributed by atoms with van der Waals surface area (Å²) in [5.41, 5.74) is 6.63. The van der Waals surface area contributed by atoms with Gasteiger partial charge in [-0.2, -0.15) is 0 Å². The standard InChI is InChI=1S/C12H18N4S2.ClH/c1-4-12(3,10-16-8(2)7-17-10)15-6-9-5-14-11(13)18-9;/h5,7,15H,4,6H2,1-3H3,(H2,13,14);1H. The quantitative estimate of drug-likeness (QED) is 0.887. The Balaban J connectivity index is 0.00000180. The molecule has 7 heteroatoms.